The van der Waals surface area contributed by atoms with E-state index in [1.165, 1.54) is 15.2 Å². The van der Waals surface area contributed by atoms with Gasteiger partial charge in [-0.1, -0.05) is 60.7 Å². The lowest BCUT2D eigenvalue weighted by molar-refractivity contribution is 0.0344. The van der Waals surface area contributed by atoms with E-state index >= 15 is 0 Å². The quantitative estimate of drug-likeness (QED) is 0.461. The highest BCUT2D eigenvalue weighted by Gasteiger charge is 2.20. The minimum atomic E-state index is -0.519. The number of rotatable bonds is 5. The largest absolute Gasteiger partial charge is 0.454 e. The second-order valence-electron chi connectivity index (χ2n) is 7.01. The highest BCUT2D eigenvalue weighted by Crippen LogP contribution is 2.25. The number of esters is 1. The average Bonchev–Trinajstić information content (AvgIpc) is 3.22. The first-order chi connectivity index (χ1) is 14.5. The third-order valence-electron chi connectivity index (χ3n) is 4.95. The van der Waals surface area contributed by atoms with Gasteiger partial charge in [0.05, 0.1) is 11.9 Å². The zero-order valence-corrected chi connectivity index (χ0v) is 17.4. The third kappa shape index (κ3) is 3.71. The Morgan fingerprint density at radius 3 is 2.33 bits per heavy atom. The van der Waals surface area contributed by atoms with E-state index in [0.717, 1.165) is 22.5 Å². The van der Waals surface area contributed by atoms with Crippen molar-refractivity contribution in [2.75, 3.05) is 0 Å². The van der Waals surface area contributed by atoms with Crippen molar-refractivity contribution in [2.45, 2.75) is 19.6 Å². The summed E-state index contributed by atoms with van der Waals surface area (Å²) in [4.78, 5) is 39.2. The first-order valence-corrected chi connectivity index (χ1v) is 10.3. The number of fused-ring (bicyclic) bond motifs is 1. The SMILES string of the molecule is C[C@H](OC(=O)c1cc2c(=O)n(Cc3ccccc3)c(=O)n(C)c2s1)c1ccccc1. The van der Waals surface area contributed by atoms with Crippen molar-refractivity contribution in [3.05, 3.63) is 104 Å². The highest BCUT2D eigenvalue weighted by atomic mass is 32.1. The van der Waals surface area contributed by atoms with Crippen LogP contribution >= 0.6 is 11.3 Å². The van der Waals surface area contributed by atoms with Gasteiger partial charge in [0.1, 0.15) is 15.8 Å². The molecular formula is C23H20N2O4S. The monoisotopic (exact) mass is 420 g/mol. The number of carbonyl (C=O) groups is 1. The molecular weight excluding hydrogens is 400 g/mol. The molecule has 4 rings (SSSR count). The summed E-state index contributed by atoms with van der Waals surface area (Å²) in [6, 6.07) is 20.2. The van der Waals surface area contributed by atoms with Crippen molar-refractivity contribution < 1.29 is 9.53 Å². The number of aryl methyl sites for hydroxylation is 1. The van der Waals surface area contributed by atoms with Crippen LogP contribution in [-0.2, 0) is 18.3 Å². The Bertz CT molecular complexity index is 1320. The summed E-state index contributed by atoms with van der Waals surface area (Å²) < 4.78 is 8.15. The van der Waals surface area contributed by atoms with Gasteiger partial charge in [-0.05, 0) is 24.1 Å². The molecule has 7 heteroatoms. The van der Waals surface area contributed by atoms with Crippen molar-refractivity contribution in [1.82, 2.24) is 9.13 Å². The topological polar surface area (TPSA) is 70.3 Å². The van der Waals surface area contributed by atoms with E-state index in [9.17, 15) is 14.4 Å². The molecule has 0 amide bonds. The fourth-order valence-corrected chi connectivity index (χ4v) is 4.29. The van der Waals surface area contributed by atoms with E-state index in [4.69, 9.17) is 4.74 Å². The zero-order chi connectivity index (χ0) is 21.3. The summed E-state index contributed by atoms with van der Waals surface area (Å²) in [5.74, 6) is -0.519. The van der Waals surface area contributed by atoms with Crippen LogP contribution in [0, 0.1) is 0 Å². The minimum Gasteiger partial charge on any atom is -0.454 e. The number of hydrogen-bond acceptors (Lipinski definition) is 5. The number of benzene rings is 2. The molecule has 2 aromatic heterocycles. The Labute approximate surface area is 176 Å². The maximum atomic E-state index is 13.0. The van der Waals surface area contributed by atoms with Gasteiger partial charge >= 0.3 is 11.7 Å². The van der Waals surface area contributed by atoms with Crippen molar-refractivity contribution >= 4 is 27.5 Å². The molecule has 1 atom stereocenters. The molecule has 0 saturated carbocycles. The van der Waals surface area contributed by atoms with Gasteiger partial charge in [0.15, 0.2) is 0 Å². The molecule has 0 radical (unpaired) electrons. The van der Waals surface area contributed by atoms with Gasteiger partial charge in [0, 0.05) is 7.05 Å². The molecule has 0 unspecified atom stereocenters. The first kappa shape index (κ1) is 19.8. The van der Waals surface area contributed by atoms with Crippen molar-refractivity contribution in [3.8, 4) is 0 Å². The maximum Gasteiger partial charge on any atom is 0.349 e. The van der Waals surface area contributed by atoms with Crippen LogP contribution in [0.4, 0.5) is 0 Å². The van der Waals surface area contributed by atoms with Gasteiger partial charge in [0.2, 0.25) is 0 Å². The van der Waals surface area contributed by atoms with Crippen LogP contribution in [0.15, 0.2) is 76.3 Å². The lowest BCUT2D eigenvalue weighted by Gasteiger charge is -2.12. The number of nitrogens with zero attached hydrogens (tertiary/aromatic N) is 2. The van der Waals surface area contributed by atoms with E-state index < -0.39 is 23.3 Å². The van der Waals surface area contributed by atoms with Crippen LogP contribution in [0.2, 0.25) is 0 Å². The molecule has 2 heterocycles. The predicted octanol–water partition coefficient (Wildman–Crippen LogP) is 3.73. The number of aromatic nitrogens is 2. The summed E-state index contributed by atoms with van der Waals surface area (Å²) in [6.45, 7) is 1.96. The smallest absolute Gasteiger partial charge is 0.349 e. The number of carbonyl (C=O) groups excluding carboxylic acids is 1. The summed E-state index contributed by atoms with van der Waals surface area (Å²) in [6.07, 6.45) is -0.428. The van der Waals surface area contributed by atoms with Crippen LogP contribution in [0.3, 0.4) is 0 Å². The van der Waals surface area contributed by atoms with E-state index in [0.29, 0.717) is 10.2 Å². The first-order valence-electron chi connectivity index (χ1n) is 9.49. The second-order valence-corrected chi connectivity index (χ2v) is 8.04. The molecule has 0 aliphatic carbocycles. The molecule has 0 aliphatic heterocycles. The zero-order valence-electron chi connectivity index (χ0n) is 16.6. The van der Waals surface area contributed by atoms with Crippen LogP contribution in [0.1, 0.15) is 33.8 Å². The van der Waals surface area contributed by atoms with Crippen LogP contribution in [0.25, 0.3) is 10.2 Å². The molecule has 30 heavy (non-hydrogen) atoms. The van der Waals surface area contributed by atoms with Gasteiger partial charge < -0.3 is 4.74 Å². The summed E-state index contributed by atoms with van der Waals surface area (Å²) in [5, 5.41) is 0.331. The Kier molecular flexibility index (Phi) is 5.37. The third-order valence-corrected chi connectivity index (χ3v) is 6.14. The van der Waals surface area contributed by atoms with E-state index in [-0.39, 0.29) is 11.4 Å². The maximum absolute atomic E-state index is 13.0. The van der Waals surface area contributed by atoms with Crippen molar-refractivity contribution in [1.29, 1.82) is 0 Å². The van der Waals surface area contributed by atoms with Gasteiger partial charge in [0.25, 0.3) is 5.56 Å². The molecule has 0 N–H and O–H groups in total. The number of hydrogen-bond donors (Lipinski definition) is 0. The minimum absolute atomic E-state index is 0.170. The second kappa shape index (κ2) is 8.12. The van der Waals surface area contributed by atoms with Crippen LogP contribution < -0.4 is 11.2 Å². The summed E-state index contributed by atoms with van der Waals surface area (Å²) in [7, 11) is 1.60. The molecule has 152 valence electrons. The molecule has 4 aromatic rings. The molecule has 0 aliphatic rings. The lowest BCUT2D eigenvalue weighted by Crippen LogP contribution is -2.38. The molecule has 2 aromatic carbocycles. The van der Waals surface area contributed by atoms with Gasteiger partial charge in [-0.2, -0.15) is 0 Å². The van der Waals surface area contributed by atoms with Crippen molar-refractivity contribution in [2.24, 2.45) is 7.05 Å². The lowest BCUT2D eigenvalue weighted by atomic mass is 10.1. The van der Waals surface area contributed by atoms with Crippen LogP contribution in [-0.4, -0.2) is 15.1 Å². The van der Waals surface area contributed by atoms with E-state index in [1.807, 2.05) is 60.7 Å². The van der Waals surface area contributed by atoms with E-state index in [2.05, 4.69) is 0 Å². The number of ether oxygens (including phenoxy) is 1. The Balaban J connectivity index is 1.69. The summed E-state index contributed by atoms with van der Waals surface area (Å²) in [5.41, 5.74) is 0.895. The normalized spacial score (nSPS) is 12.1. The Hall–Kier alpha value is -3.45. The van der Waals surface area contributed by atoms with Crippen molar-refractivity contribution in [3.63, 3.8) is 0 Å². The van der Waals surface area contributed by atoms with Crippen LogP contribution in [0.5, 0.6) is 0 Å². The van der Waals surface area contributed by atoms with Gasteiger partial charge in [-0.25, -0.2) is 9.59 Å². The molecule has 6 nitrogen and oxygen atoms in total. The fraction of sp³-hybridized carbons (Fsp3) is 0.174. The van der Waals surface area contributed by atoms with E-state index in [1.54, 1.807) is 14.0 Å². The Morgan fingerprint density at radius 2 is 1.67 bits per heavy atom. The standard InChI is InChI=1S/C23H20N2O4S/c1-15(17-11-7-4-8-12-17)29-22(27)19-13-18-20(26)25(14-16-9-5-3-6-10-16)23(28)24(2)21(18)30-19/h3-13,15H,14H2,1-2H3/t15-/m0/s1. The summed E-state index contributed by atoms with van der Waals surface area (Å²) >= 11 is 1.09. The fourth-order valence-electron chi connectivity index (χ4n) is 3.30. The molecule has 0 saturated heterocycles. The van der Waals surface area contributed by atoms with Gasteiger partial charge in [-0.3, -0.25) is 13.9 Å². The molecule has 0 bridgehead atoms. The highest BCUT2D eigenvalue weighted by molar-refractivity contribution is 7.20. The van der Waals surface area contributed by atoms with Gasteiger partial charge in [-0.15, -0.1) is 11.3 Å². The Morgan fingerprint density at radius 1 is 1.03 bits per heavy atom. The average molecular weight is 420 g/mol. The predicted molar refractivity (Wildman–Crippen MR) is 117 cm³/mol. The molecule has 0 spiro atoms. The number of thiophene rings is 1. The molecule has 0 fully saturated rings.